The largest absolute Gasteiger partial charge is 0.258 e. The molecule has 0 aliphatic heterocycles. The molecule has 0 aromatic carbocycles. The molecule has 0 heterocycles. The van der Waals surface area contributed by atoms with Gasteiger partial charge in [0.1, 0.15) is 0 Å². The lowest BCUT2D eigenvalue weighted by Crippen LogP contribution is -2.35. The molecule has 2 heteroatoms. The summed E-state index contributed by atoms with van der Waals surface area (Å²) in [6.45, 7) is 6.68. The fourth-order valence-electron chi connectivity index (χ4n) is 0.981. The minimum atomic E-state index is 1.10. The molecule has 0 bridgehead atoms. The number of rotatable bonds is 6. The number of hydrogen-bond acceptors (Lipinski definition) is 2. The Morgan fingerprint density at radius 3 is 2.30 bits per heavy atom. The van der Waals surface area contributed by atoms with Gasteiger partial charge in [0.15, 0.2) is 0 Å². The van der Waals surface area contributed by atoms with Crippen molar-refractivity contribution in [1.29, 1.82) is 0 Å². The normalized spacial score (nSPS) is 10.8. The van der Waals surface area contributed by atoms with Crippen molar-refractivity contribution in [3.8, 4) is 0 Å². The van der Waals surface area contributed by atoms with Gasteiger partial charge in [0, 0.05) is 13.1 Å². The van der Waals surface area contributed by atoms with Gasteiger partial charge in [-0.1, -0.05) is 26.7 Å². The average Bonchev–Trinajstić information content (AvgIpc) is 1.99. The lowest BCUT2D eigenvalue weighted by molar-refractivity contribution is 0.215. The molecular weight excluding hydrogens is 124 g/mol. The zero-order valence-electron chi connectivity index (χ0n) is 7.48. The van der Waals surface area contributed by atoms with Gasteiger partial charge in [0.05, 0.1) is 0 Å². The van der Waals surface area contributed by atoms with Crippen LogP contribution in [0.25, 0.3) is 0 Å². The zero-order chi connectivity index (χ0) is 7.82. The molecule has 0 aliphatic rings. The van der Waals surface area contributed by atoms with Crippen molar-refractivity contribution in [3.63, 3.8) is 0 Å². The van der Waals surface area contributed by atoms with Crippen LogP contribution in [0.15, 0.2) is 0 Å². The van der Waals surface area contributed by atoms with E-state index in [0.717, 1.165) is 6.54 Å². The lowest BCUT2D eigenvalue weighted by atomic mass is 10.2. The SMILES string of the molecule is CCCCCN(CC)NC. The van der Waals surface area contributed by atoms with Crippen molar-refractivity contribution < 1.29 is 0 Å². The molecule has 0 saturated carbocycles. The van der Waals surface area contributed by atoms with Crippen molar-refractivity contribution >= 4 is 0 Å². The third-order valence-electron chi connectivity index (χ3n) is 1.73. The molecule has 0 amide bonds. The van der Waals surface area contributed by atoms with Crippen molar-refractivity contribution in [2.45, 2.75) is 33.1 Å². The van der Waals surface area contributed by atoms with Crippen LogP contribution in [0, 0.1) is 0 Å². The summed E-state index contributed by atoms with van der Waals surface area (Å²) in [6, 6.07) is 0. The first-order valence-electron chi connectivity index (χ1n) is 4.27. The first kappa shape index (κ1) is 9.92. The van der Waals surface area contributed by atoms with Crippen LogP contribution in [0.1, 0.15) is 33.1 Å². The highest BCUT2D eigenvalue weighted by molar-refractivity contribution is 4.46. The summed E-state index contributed by atoms with van der Waals surface area (Å²) in [5.74, 6) is 0. The van der Waals surface area contributed by atoms with Gasteiger partial charge in [-0.2, -0.15) is 0 Å². The molecule has 0 spiro atoms. The number of nitrogens with one attached hydrogen (secondary N) is 1. The monoisotopic (exact) mass is 144 g/mol. The van der Waals surface area contributed by atoms with Crippen LogP contribution in [-0.4, -0.2) is 25.1 Å². The Bertz CT molecular complexity index is 60.3. The van der Waals surface area contributed by atoms with E-state index in [9.17, 15) is 0 Å². The summed E-state index contributed by atoms with van der Waals surface area (Å²) in [7, 11) is 1.98. The van der Waals surface area contributed by atoms with E-state index in [0.29, 0.717) is 0 Å². The summed E-state index contributed by atoms with van der Waals surface area (Å²) < 4.78 is 0. The van der Waals surface area contributed by atoms with E-state index in [2.05, 4.69) is 24.3 Å². The summed E-state index contributed by atoms with van der Waals surface area (Å²) in [5.41, 5.74) is 3.14. The number of hydrogen-bond donors (Lipinski definition) is 1. The Balaban J connectivity index is 3.09. The third-order valence-corrected chi connectivity index (χ3v) is 1.73. The van der Waals surface area contributed by atoms with E-state index in [1.807, 2.05) is 7.05 Å². The average molecular weight is 144 g/mol. The molecule has 1 N–H and O–H groups in total. The van der Waals surface area contributed by atoms with Gasteiger partial charge < -0.3 is 0 Å². The first-order chi connectivity index (χ1) is 4.85. The molecule has 0 aliphatic carbocycles. The minimum absolute atomic E-state index is 1.10. The Labute approximate surface area is 64.6 Å². The summed E-state index contributed by atoms with van der Waals surface area (Å²) in [5, 5.41) is 2.23. The number of hydrazine groups is 1. The number of nitrogens with zero attached hydrogens (tertiary/aromatic N) is 1. The Kier molecular flexibility index (Phi) is 6.98. The van der Waals surface area contributed by atoms with Gasteiger partial charge in [0.25, 0.3) is 0 Å². The van der Waals surface area contributed by atoms with Crippen molar-refractivity contribution in [3.05, 3.63) is 0 Å². The van der Waals surface area contributed by atoms with E-state index < -0.39 is 0 Å². The van der Waals surface area contributed by atoms with Gasteiger partial charge in [-0.3, -0.25) is 5.43 Å². The molecule has 0 rings (SSSR count). The molecule has 0 radical (unpaired) electrons. The first-order valence-corrected chi connectivity index (χ1v) is 4.27. The summed E-state index contributed by atoms with van der Waals surface area (Å²) in [6.07, 6.45) is 3.96. The second-order valence-electron chi connectivity index (χ2n) is 2.51. The Hall–Kier alpha value is -0.0800. The molecule has 2 nitrogen and oxygen atoms in total. The minimum Gasteiger partial charge on any atom is -0.258 e. The second kappa shape index (κ2) is 7.03. The van der Waals surface area contributed by atoms with Crippen LogP contribution < -0.4 is 5.43 Å². The van der Waals surface area contributed by atoms with E-state index in [4.69, 9.17) is 0 Å². The molecule has 0 aromatic rings. The maximum atomic E-state index is 3.14. The smallest absolute Gasteiger partial charge is 0.0130 e. The maximum Gasteiger partial charge on any atom is 0.0130 e. The van der Waals surface area contributed by atoms with Crippen LogP contribution in [-0.2, 0) is 0 Å². The highest BCUT2D eigenvalue weighted by Crippen LogP contribution is 1.94. The molecule has 0 aromatic heterocycles. The molecule has 62 valence electrons. The molecular formula is C8H20N2. The fourth-order valence-corrected chi connectivity index (χ4v) is 0.981. The van der Waals surface area contributed by atoms with E-state index in [1.165, 1.54) is 25.8 Å². The van der Waals surface area contributed by atoms with Gasteiger partial charge in [-0.15, -0.1) is 0 Å². The Morgan fingerprint density at radius 2 is 1.90 bits per heavy atom. The van der Waals surface area contributed by atoms with Gasteiger partial charge >= 0.3 is 0 Å². The van der Waals surface area contributed by atoms with Crippen LogP contribution in [0.2, 0.25) is 0 Å². The highest BCUT2D eigenvalue weighted by Gasteiger charge is 1.95. The second-order valence-corrected chi connectivity index (χ2v) is 2.51. The van der Waals surface area contributed by atoms with E-state index in [1.54, 1.807) is 0 Å². The highest BCUT2D eigenvalue weighted by atomic mass is 15.5. The Morgan fingerprint density at radius 1 is 1.20 bits per heavy atom. The van der Waals surface area contributed by atoms with E-state index >= 15 is 0 Å². The lowest BCUT2D eigenvalue weighted by Gasteiger charge is -2.17. The predicted molar refractivity (Wildman–Crippen MR) is 45.8 cm³/mol. The molecule has 0 unspecified atom stereocenters. The molecule has 0 saturated heterocycles. The van der Waals surface area contributed by atoms with Gasteiger partial charge in [0.2, 0.25) is 0 Å². The molecule has 10 heavy (non-hydrogen) atoms. The predicted octanol–water partition coefficient (Wildman–Crippen LogP) is 1.63. The van der Waals surface area contributed by atoms with Gasteiger partial charge in [-0.05, 0) is 13.5 Å². The number of unbranched alkanes of at least 4 members (excludes halogenated alkanes) is 2. The van der Waals surface area contributed by atoms with Crippen LogP contribution in [0.4, 0.5) is 0 Å². The van der Waals surface area contributed by atoms with Crippen LogP contribution in [0.3, 0.4) is 0 Å². The molecule has 0 fully saturated rings. The van der Waals surface area contributed by atoms with Crippen molar-refractivity contribution in [1.82, 2.24) is 10.4 Å². The van der Waals surface area contributed by atoms with E-state index in [-0.39, 0.29) is 0 Å². The zero-order valence-corrected chi connectivity index (χ0v) is 7.48. The van der Waals surface area contributed by atoms with Crippen molar-refractivity contribution in [2.24, 2.45) is 0 Å². The quantitative estimate of drug-likeness (QED) is 0.450. The summed E-state index contributed by atoms with van der Waals surface area (Å²) in [4.78, 5) is 0. The summed E-state index contributed by atoms with van der Waals surface area (Å²) >= 11 is 0. The molecule has 0 atom stereocenters. The standard InChI is InChI=1S/C8H20N2/c1-4-6-7-8-10(5-2)9-3/h9H,4-8H2,1-3H3. The van der Waals surface area contributed by atoms with Gasteiger partial charge in [-0.25, -0.2) is 5.01 Å². The topological polar surface area (TPSA) is 15.3 Å². The fraction of sp³-hybridized carbons (Fsp3) is 1.00. The van der Waals surface area contributed by atoms with Crippen LogP contribution >= 0.6 is 0 Å². The van der Waals surface area contributed by atoms with Crippen molar-refractivity contribution in [2.75, 3.05) is 20.1 Å². The van der Waals surface area contributed by atoms with Crippen LogP contribution in [0.5, 0.6) is 0 Å². The third kappa shape index (κ3) is 4.77. The maximum absolute atomic E-state index is 3.14.